The Labute approximate surface area is 139 Å². The number of rotatable bonds is 4. The first-order valence-corrected chi connectivity index (χ1v) is 7.84. The van der Waals surface area contributed by atoms with Crippen LogP contribution < -0.4 is 10.2 Å². The zero-order valence-corrected chi connectivity index (χ0v) is 13.7. The number of carbonyl (C=O) groups excluding carboxylic acids is 1. The number of anilines is 3. The van der Waals surface area contributed by atoms with Crippen LogP contribution >= 0.6 is 0 Å². The first-order chi connectivity index (χ1) is 11.7. The predicted molar refractivity (Wildman–Crippen MR) is 87.4 cm³/mol. The molecule has 1 aliphatic heterocycles. The van der Waals surface area contributed by atoms with E-state index in [4.69, 9.17) is 9.26 Å². The number of carbonyl (C=O) groups is 1. The number of amides is 1. The van der Waals surface area contributed by atoms with E-state index in [0.717, 1.165) is 11.6 Å². The summed E-state index contributed by atoms with van der Waals surface area (Å²) in [5.74, 6) is 2.77. The van der Waals surface area contributed by atoms with Gasteiger partial charge in [-0.1, -0.05) is 5.16 Å². The summed E-state index contributed by atoms with van der Waals surface area (Å²) in [4.78, 5) is 24.1. The third kappa shape index (κ3) is 3.73. The van der Waals surface area contributed by atoms with Crippen molar-refractivity contribution in [1.82, 2.24) is 20.0 Å². The van der Waals surface area contributed by atoms with Gasteiger partial charge in [-0.25, -0.2) is 14.8 Å². The van der Waals surface area contributed by atoms with E-state index < -0.39 is 0 Å². The number of aryl methyl sites for hydroxylation is 1. The lowest BCUT2D eigenvalue weighted by Gasteiger charge is -2.34. The first kappa shape index (κ1) is 16.0. The molecule has 1 amide bonds. The Balaban J connectivity index is 1.61. The van der Waals surface area contributed by atoms with Gasteiger partial charge in [-0.3, -0.25) is 0 Å². The Kier molecular flexibility index (Phi) is 4.78. The summed E-state index contributed by atoms with van der Waals surface area (Å²) in [6, 6.07) is 3.64. The lowest BCUT2D eigenvalue weighted by Crippen LogP contribution is -2.49. The van der Waals surface area contributed by atoms with Crippen LogP contribution in [0.3, 0.4) is 0 Å². The quantitative estimate of drug-likeness (QED) is 0.905. The van der Waals surface area contributed by atoms with Gasteiger partial charge in [-0.05, 0) is 13.8 Å². The fraction of sp³-hybridized carbons (Fsp3) is 0.467. The second kappa shape index (κ2) is 7.16. The molecule has 0 aliphatic carbocycles. The van der Waals surface area contributed by atoms with Crippen molar-refractivity contribution in [3.05, 3.63) is 24.2 Å². The maximum atomic E-state index is 11.7. The SMILES string of the molecule is CCOC(=O)N1CCN(c2cc(Nc3cc(C)on3)ncn2)CC1. The normalized spacial score (nSPS) is 14.6. The maximum Gasteiger partial charge on any atom is 0.409 e. The molecule has 0 radical (unpaired) electrons. The molecule has 1 fully saturated rings. The number of aromatic nitrogens is 3. The molecule has 3 rings (SSSR count). The van der Waals surface area contributed by atoms with Crippen molar-refractivity contribution < 1.29 is 14.1 Å². The molecule has 0 unspecified atom stereocenters. The Morgan fingerprint density at radius 2 is 2.04 bits per heavy atom. The number of hydrogen-bond donors (Lipinski definition) is 1. The minimum absolute atomic E-state index is 0.261. The van der Waals surface area contributed by atoms with Gasteiger partial charge in [0.2, 0.25) is 0 Å². The van der Waals surface area contributed by atoms with Crippen LogP contribution in [-0.2, 0) is 4.74 Å². The molecular weight excluding hydrogens is 312 g/mol. The predicted octanol–water partition coefficient (Wildman–Crippen LogP) is 1.80. The van der Waals surface area contributed by atoms with Gasteiger partial charge >= 0.3 is 6.09 Å². The first-order valence-electron chi connectivity index (χ1n) is 7.84. The third-order valence-corrected chi connectivity index (χ3v) is 3.67. The van der Waals surface area contributed by atoms with E-state index in [1.165, 1.54) is 6.33 Å². The van der Waals surface area contributed by atoms with Crippen molar-refractivity contribution in [2.45, 2.75) is 13.8 Å². The molecular formula is C15H20N6O3. The van der Waals surface area contributed by atoms with Gasteiger partial charge in [-0.15, -0.1) is 0 Å². The minimum Gasteiger partial charge on any atom is -0.450 e. The van der Waals surface area contributed by atoms with Crippen molar-refractivity contribution in [2.24, 2.45) is 0 Å². The summed E-state index contributed by atoms with van der Waals surface area (Å²) in [6.45, 7) is 6.62. The lowest BCUT2D eigenvalue weighted by molar-refractivity contribution is 0.105. The highest BCUT2D eigenvalue weighted by molar-refractivity contribution is 5.68. The van der Waals surface area contributed by atoms with Gasteiger partial charge in [0.1, 0.15) is 23.7 Å². The Bertz CT molecular complexity index is 696. The van der Waals surface area contributed by atoms with Crippen LogP contribution in [0.4, 0.5) is 22.2 Å². The molecule has 0 spiro atoms. The molecule has 0 aromatic carbocycles. The summed E-state index contributed by atoms with van der Waals surface area (Å²) in [6.07, 6.45) is 1.24. The fourth-order valence-electron chi connectivity index (χ4n) is 2.48. The second-order valence-corrected chi connectivity index (χ2v) is 5.38. The van der Waals surface area contributed by atoms with Gasteiger partial charge in [-0.2, -0.15) is 0 Å². The van der Waals surface area contributed by atoms with E-state index in [9.17, 15) is 4.79 Å². The van der Waals surface area contributed by atoms with Crippen molar-refractivity contribution in [2.75, 3.05) is 43.0 Å². The zero-order chi connectivity index (χ0) is 16.9. The van der Waals surface area contributed by atoms with E-state index in [1.807, 2.05) is 13.0 Å². The average Bonchev–Trinajstić information content (AvgIpc) is 3.00. The second-order valence-electron chi connectivity index (χ2n) is 5.38. The smallest absolute Gasteiger partial charge is 0.409 e. The molecule has 2 aromatic heterocycles. The van der Waals surface area contributed by atoms with Crippen LogP contribution in [0.15, 0.2) is 23.0 Å². The Hall–Kier alpha value is -2.84. The Morgan fingerprint density at radius 1 is 1.25 bits per heavy atom. The molecule has 128 valence electrons. The highest BCUT2D eigenvalue weighted by atomic mass is 16.6. The van der Waals surface area contributed by atoms with E-state index >= 15 is 0 Å². The standard InChI is InChI=1S/C15H20N6O3/c1-3-23-15(22)21-6-4-20(5-7-21)14-9-12(16-10-17-14)18-13-8-11(2)24-19-13/h8-10H,3-7H2,1-2H3,(H,16,17,18,19). The molecule has 3 heterocycles. The fourth-order valence-corrected chi connectivity index (χ4v) is 2.48. The number of nitrogens with zero attached hydrogens (tertiary/aromatic N) is 5. The molecule has 1 N–H and O–H groups in total. The lowest BCUT2D eigenvalue weighted by atomic mass is 10.3. The monoisotopic (exact) mass is 332 g/mol. The third-order valence-electron chi connectivity index (χ3n) is 3.67. The van der Waals surface area contributed by atoms with Crippen LogP contribution in [0.5, 0.6) is 0 Å². The average molecular weight is 332 g/mol. The zero-order valence-electron chi connectivity index (χ0n) is 13.7. The maximum absolute atomic E-state index is 11.7. The number of hydrogen-bond acceptors (Lipinski definition) is 8. The highest BCUT2D eigenvalue weighted by Gasteiger charge is 2.22. The number of ether oxygens (including phenoxy) is 1. The van der Waals surface area contributed by atoms with E-state index in [-0.39, 0.29) is 6.09 Å². The van der Waals surface area contributed by atoms with Crippen LogP contribution in [0, 0.1) is 6.92 Å². The topological polar surface area (TPSA) is 96.6 Å². The summed E-state index contributed by atoms with van der Waals surface area (Å²) < 4.78 is 10.0. The molecule has 1 saturated heterocycles. The van der Waals surface area contributed by atoms with Gasteiger partial charge in [0.05, 0.1) is 6.61 Å². The summed E-state index contributed by atoms with van der Waals surface area (Å²) in [5, 5.41) is 6.96. The van der Waals surface area contributed by atoms with Crippen molar-refractivity contribution in [1.29, 1.82) is 0 Å². The van der Waals surface area contributed by atoms with Crippen molar-refractivity contribution in [3.8, 4) is 0 Å². The van der Waals surface area contributed by atoms with Gasteiger partial charge < -0.3 is 24.4 Å². The van der Waals surface area contributed by atoms with E-state index in [1.54, 1.807) is 17.9 Å². The molecule has 0 saturated carbocycles. The van der Waals surface area contributed by atoms with E-state index in [0.29, 0.717) is 44.4 Å². The summed E-state index contributed by atoms with van der Waals surface area (Å²) in [7, 11) is 0. The molecule has 0 atom stereocenters. The van der Waals surface area contributed by atoms with Crippen molar-refractivity contribution >= 4 is 23.5 Å². The summed E-state index contributed by atoms with van der Waals surface area (Å²) in [5.41, 5.74) is 0. The molecule has 9 heteroatoms. The van der Waals surface area contributed by atoms with Gasteiger partial charge in [0.15, 0.2) is 5.82 Å². The van der Waals surface area contributed by atoms with Crippen LogP contribution in [0.2, 0.25) is 0 Å². The highest BCUT2D eigenvalue weighted by Crippen LogP contribution is 2.19. The van der Waals surface area contributed by atoms with Crippen LogP contribution in [0.25, 0.3) is 0 Å². The molecule has 0 bridgehead atoms. The van der Waals surface area contributed by atoms with Crippen LogP contribution in [-0.4, -0.2) is 58.9 Å². The molecule has 24 heavy (non-hydrogen) atoms. The largest absolute Gasteiger partial charge is 0.450 e. The van der Waals surface area contributed by atoms with Gasteiger partial charge in [0.25, 0.3) is 0 Å². The number of nitrogens with one attached hydrogen (secondary N) is 1. The van der Waals surface area contributed by atoms with Crippen molar-refractivity contribution in [3.63, 3.8) is 0 Å². The minimum atomic E-state index is -0.261. The van der Waals surface area contributed by atoms with Gasteiger partial charge in [0, 0.05) is 38.3 Å². The van der Waals surface area contributed by atoms with E-state index in [2.05, 4.69) is 25.3 Å². The molecule has 1 aliphatic rings. The Morgan fingerprint density at radius 3 is 2.71 bits per heavy atom. The van der Waals surface area contributed by atoms with Crippen LogP contribution in [0.1, 0.15) is 12.7 Å². The number of piperazine rings is 1. The summed E-state index contributed by atoms with van der Waals surface area (Å²) >= 11 is 0. The molecule has 2 aromatic rings. The molecule has 9 nitrogen and oxygen atoms in total.